The van der Waals surface area contributed by atoms with Gasteiger partial charge in [-0.15, -0.1) is 12.4 Å². The maximum absolute atomic E-state index is 11.2. The molecule has 0 saturated carbocycles. The van der Waals surface area contributed by atoms with Crippen molar-refractivity contribution in [3.8, 4) is 0 Å². The Labute approximate surface area is 115 Å². The van der Waals surface area contributed by atoms with Gasteiger partial charge >= 0.3 is 5.97 Å². The van der Waals surface area contributed by atoms with Gasteiger partial charge in [-0.05, 0) is 24.8 Å². The van der Waals surface area contributed by atoms with Crippen molar-refractivity contribution >= 4 is 18.4 Å². The first-order valence-electron chi connectivity index (χ1n) is 6.14. The Morgan fingerprint density at radius 2 is 1.89 bits per heavy atom. The van der Waals surface area contributed by atoms with Crippen LogP contribution in [0.5, 0.6) is 0 Å². The molecule has 0 bridgehead atoms. The molecule has 0 radical (unpaired) electrons. The van der Waals surface area contributed by atoms with Crippen LogP contribution in [0.3, 0.4) is 0 Å². The molecule has 0 aliphatic rings. The summed E-state index contributed by atoms with van der Waals surface area (Å²) in [5.74, 6) is -0.887. The molecule has 0 fully saturated rings. The molecule has 3 nitrogen and oxygen atoms in total. The first-order chi connectivity index (χ1) is 8.08. The number of aryl methyl sites for hydroxylation is 1. The normalized spacial score (nSPS) is 13.4. The van der Waals surface area contributed by atoms with Gasteiger partial charge in [-0.25, -0.2) is 0 Å². The summed E-state index contributed by atoms with van der Waals surface area (Å²) in [6.45, 7) is 2.04. The predicted molar refractivity (Wildman–Crippen MR) is 76.1 cm³/mol. The van der Waals surface area contributed by atoms with E-state index in [1.807, 2.05) is 37.3 Å². The molecule has 1 atom stereocenters. The van der Waals surface area contributed by atoms with E-state index in [-0.39, 0.29) is 12.4 Å². The number of carbonyl (C=O) groups is 1. The standard InChI is InChI=1S/C14H21NO2.ClH/c1-2-3-10-14(15,13(16)17)11-9-12-7-5-4-6-8-12;/h4-8H,2-3,9-11,15H2,1H3,(H,16,17);1H/t14-;/m0./s1. The van der Waals surface area contributed by atoms with Gasteiger partial charge in [0.25, 0.3) is 0 Å². The van der Waals surface area contributed by atoms with E-state index in [1.54, 1.807) is 0 Å². The van der Waals surface area contributed by atoms with Crippen LogP contribution in [0.4, 0.5) is 0 Å². The topological polar surface area (TPSA) is 63.3 Å². The molecule has 1 aromatic carbocycles. The van der Waals surface area contributed by atoms with Gasteiger partial charge < -0.3 is 10.8 Å². The van der Waals surface area contributed by atoms with Crippen molar-refractivity contribution in [1.82, 2.24) is 0 Å². The molecule has 0 saturated heterocycles. The van der Waals surface area contributed by atoms with Crippen molar-refractivity contribution < 1.29 is 9.90 Å². The molecule has 3 N–H and O–H groups in total. The first-order valence-corrected chi connectivity index (χ1v) is 6.14. The van der Waals surface area contributed by atoms with Crippen molar-refractivity contribution in [3.05, 3.63) is 35.9 Å². The van der Waals surface area contributed by atoms with Gasteiger partial charge in [0.2, 0.25) is 0 Å². The zero-order valence-electron chi connectivity index (χ0n) is 10.8. The maximum Gasteiger partial charge on any atom is 0.323 e. The quantitative estimate of drug-likeness (QED) is 0.801. The molecule has 18 heavy (non-hydrogen) atoms. The molecule has 102 valence electrons. The highest BCUT2D eigenvalue weighted by Crippen LogP contribution is 2.19. The van der Waals surface area contributed by atoms with Crippen molar-refractivity contribution in [1.29, 1.82) is 0 Å². The highest BCUT2D eigenvalue weighted by atomic mass is 35.5. The van der Waals surface area contributed by atoms with Gasteiger partial charge in [0.15, 0.2) is 0 Å². The predicted octanol–water partition coefficient (Wildman–Crippen LogP) is 3.01. The molecule has 0 aromatic heterocycles. The van der Waals surface area contributed by atoms with Gasteiger partial charge in [0, 0.05) is 0 Å². The summed E-state index contributed by atoms with van der Waals surface area (Å²) in [6.07, 6.45) is 3.58. The lowest BCUT2D eigenvalue weighted by molar-refractivity contribution is -0.144. The van der Waals surface area contributed by atoms with Gasteiger partial charge in [-0.3, -0.25) is 4.79 Å². The molecule has 0 heterocycles. The Morgan fingerprint density at radius 3 is 2.39 bits per heavy atom. The zero-order chi connectivity index (χ0) is 12.7. The summed E-state index contributed by atoms with van der Waals surface area (Å²) in [4.78, 5) is 11.2. The number of carboxylic acid groups (broad SMARTS) is 1. The fourth-order valence-corrected chi connectivity index (χ4v) is 1.84. The SMILES string of the molecule is CCCC[C@](N)(CCc1ccccc1)C(=O)O.Cl. The van der Waals surface area contributed by atoms with Crippen LogP contribution in [0, 0.1) is 0 Å². The molecule has 1 rings (SSSR count). The number of carboxylic acids is 1. The van der Waals surface area contributed by atoms with E-state index >= 15 is 0 Å². The summed E-state index contributed by atoms with van der Waals surface area (Å²) in [7, 11) is 0. The lowest BCUT2D eigenvalue weighted by atomic mass is 9.87. The van der Waals surface area contributed by atoms with Gasteiger partial charge in [0.1, 0.15) is 5.54 Å². The van der Waals surface area contributed by atoms with E-state index in [0.717, 1.165) is 18.4 Å². The van der Waals surface area contributed by atoms with Crippen molar-refractivity contribution in [2.24, 2.45) is 5.73 Å². The van der Waals surface area contributed by atoms with E-state index in [2.05, 4.69) is 0 Å². The Hall–Kier alpha value is -1.06. The number of aliphatic carboxylic acids is 1. The van der Waals surface area contributed by atoms with Crippen LogP contribution in [0.2, 0.25) is 0 Å². The largest absolute Gasteiger partial charge is 0.480 e. The van der Waals surface area contributed by atoms with E-state index < -0.39 is 11.5 Å². The van der Waals surface area contributed by atoms with Crippen LogP contribution in [0.25, 0.3) is 0 Å². The van der Waals surface area contributed by atoms with Crippen LogP contribution in [-0.2, 0) is 11.2 Å². The van der Waals surface area contributed by atoms with E-state index in [9.17, 15) is 9.90 Å². The third kappa shape index (κ3) is 5.07. The second-order valence-electron chi connectivity index (χ2n) is 4.55. The highest BCUT2D eigenvalue weighted by molar-refractivity contribution is 5.85. The third-order valence-electron chi connectivity index (χ3n) is 3.10. The minimum atomic E-state index is -1.08. The zero-order valence-corrected chi connectivity index (χ0v) is 11.6. The Kier molecular flexibility index (Phi) is 7.64. The summed E-state index contributed by atoms with van der Waals surface area (Å²) in [5.41, 5.74) is 6.04. The number of unbranched alkanes of at least 4 members (excludes halogenated alkanes) is 1. The highest BCUT2D eigenvalue weighted by Gasteiger charge is 2.32. The van der Waals surface area contributed by atoms with Crippen LogP contribution in [0.15, 0.2) is 30.3 Å². The maximum atomic E-state index is 11.2. The second-order valence-corrected chi connectivity index (χ2v) is 4.55. The van der Waals surface area contributed by atoms with Crippen molar-refractivity contribution in [2.75, 3.05) is 0 Å². The lowest BCUT2D eigenvalue weighted by Gasteiger charge is -2.24. The summed E-state index contributed by atoms with van der Waals surface area (Å²) >= 11 is 0. The number of rotatable bonds is 7. The van der Waals surface area contributed by atoms with Gasteiger partial charge in [-0.2, -0.15) is 0 Å². The third-order valence-corrected chi connectivity index (χ3v) is 3.10. The van der Waals surface area contributed by atoms with E-state index in [0.29, 0.717) is 19.3 Å². The Balaban J connectivity index is 0.00000289. The summed E-state index contributed by atoms with van der Waals surface area (Å²) in [5, 5.41) is 9.21. The number of nitrogens with two attached hydrogens (primary N) is 1. The fourth-order valence-electron chi connectivity index (χ4n) is 1.84. The van der Waals surface area contributed by atoms with Gasteiger partial charge in [0.05, 0.1) is 0 Å². The molecule has 0 aliphatic carbocycles. The number of benzene rings is 1. The molecule has 0 unspecified atom stereocenters. The first kappa shape index (κ1) is 16.9. The van der Waals surface area contributed by atoms with Gasteiger partial charge in [-0.1, -0.05) is 50.1 Å². The fraction of sp³-hybridized carbons (Fsp3) is 0.500. The van der Waals surface area contributed by atoms with Crippen molar-refractivity contribution in [3.63, 3.8) is 0 Å². The van der Waals surface area contributed by atoms with Crippen LogP contribution < -0.4 is 5.73 Å². The van der Waals surface area contributed by atoms with Crippen LogP contribution in [-0.4, -0.2) is 16.6 Å². The van der Waals surface area contributed by atoms with E-state index in [4.69, 9.17) is 5.73 Å². The molecule has 4 heteroatoms. The minimum absolute atomic E-state index is 0. The Bertz CT molecular complexity index is 356. The number of hydrogen-bond acceptors (Lipinski definition) is 2. The lowest BCUT2D eigenvalue weighted by Crippen LogP contribution is -2.48. The van der Waals surface area contributed by atoms with Crippen molar-refractivity contribution in [2.45, 2.75) is 44.6 Å². The molecular weight excluding hydrogens is 250 g/mol. The average molecular weight is 272 g/mol. The van der Waals surface area contributed by atoms with Crippen LogP contribution in [0.1, 0.15) is 38.2 Å². The summed E-state index contributed by atoms with van der Waals surface area (Å²) < 4.78 is 0. The summed E-state index contributed by atoms with van der Waals surface area (Å²) in [6, 6.07) is 9.87. The molecule has 0 spiro atoms. The minimum Gasteiger partial charge on any atom is -0.480 e. The molecule has 1 aromatic rings. The monoisotopic (exact) mass is 271 g/mol. The number of hydrogen-bond donors (Lipinski definition) is 2. The molecule has 0 amide bonds. The second kappa shape index (κ2) is 8.11. The molecular formula is C14H22ClNO2. The van der Waals surface area contributed by atoms with E-state index in [1.165, 1.54) is 0 Å². The Morgan fingerprint density at radius 1 is 1.28 bits per heavy atom. The average Bonchev–Trinajstić information content (AvgIpc) is 2.35. The van der Waals surface area contributed by atoms with Crippen LogP contribution >= 0.6 is 12.4 Å². The smallest absolute Gasteiger partial charge is 0.323 e. The number of halogens is 1. The molecule has 0 aliphatic heterocycles.